The third-order valence-corrected chi connectivity index (χ3v) is 3.00. The fraction of sp³-hybridized carbons (Fsp3) is 1.00. The molecule has 2 atom stereocenters. The zero-order valence-corrected chi connectivity index (χ0v) is 7.40. The zero-order valence-electron chi connectivity index (χ0n) is 7.40. The van der Waals surface area contributed by atoms with Gasteiger partial charge in [-0.3, -0.25) is 0 Å². The molecule has 0 aromatic rings. The second-order valence-electron chi connectivity index (χ2n) is 3.65. The van der Waals surface area contributed by atoms with E-state index in [2.05, 4.69) is 13.8 Å². The molecule has 0 N–H and O–H groups in total. The van der Waals surface area contributed by atoms with Gasteiger partial charge in [0.05, 0.1) is 0 Å². The van der Waals surface area contributed by atoms with Crippen molar-refractivity contribution in [3.8, 4) is 0 Å². The normalized spacial score (nSPS) is 33.0. The molecule has 0 saturated heterocycles. The largest absolute Gasteiger partial charge is 0.0654 e. The van der Waals surface area contributed by atoms with Gasteiger partial charge >= 0.3 is 0 Å². The Balaban J connectivity index is 2.27. The summed E-state index contributed by atoms with van der Waals surface area (Å²) >= 11 is 0. The summed E-state index contributed by atoms with van der Waals surface area (Å²) in [5.74, 6) is 2.18. The minimum Gasteiger partial charge on any atom is -0.0654 e. The molecule has 0 heteroatoms. The average Bonchev–Trinajstić information content (AvgIpc) is 2.36. The maximum absolute atomic E-state index is 2.35. The van der Waals surface area contributed by atoms with Crippen molar-refractivity contribution in [3.63, 3.8) is 0 Å². The minimum absolute atomic E-state index is 1.08. The molecule has 2 unspecified atom stereocenters. The fourth-order valence-electron chi connectivity index (χ4n) is 2.40. The molecule has 0 spiro atoms. The van der Waals surface area contributed by atoms with Gasteiger partial charge in [-0.05, 0) is 11.8 Å². The maximum Gasteiger partial charge on any atom is -0.0386 e. The second-order valence-corrected chi connectivity index (χ2v) is 3.65. The highest BCUT2D eigenvalue weighted by Crippen LogP contribution is 2.36. The Hall–Kier alpha value is 0. The number of hydrogen-bond donors (Lipinski definition) is 0. The van der Waals surface area contributed by atoms with Gasteiger partial charge < -0.3 is 0 Å². The van der Waals surface area contributed by atoms with Crippen LogP contribution in [0, 0.1) is 11.8 Å². The summed E-state index contributed by atoms with van der Waals surface area (Å²) in [6.45, 7) is 4.66. The zero-order chi connectivity index (χ0) is 7.40. The second kappa shape index (κ2) is 4.00. The Morgan fingerprint density at radius 2 is 1.80 bits per heavy atom. The van der Waals surface area contributed by atoms with Gasteiger partial charge in [0.1, 0.15) is 0 Å². The van der Waals surface area contributed by atoms with Gasteiger partial charge in [-0.25, -0.2) is 0 Å². The van der Waals surface area contributed by atoms with Crippen LogP contribution in [0.2, 0.25) is 0 Å². The highest BCUT2D eigenvalue weighted by Gasteiger charge is 2.24. The number of hydrogen-bond acceptors (Lipinski definition) is 0. The number of rotatable bonds is 3. The molecule has 1 aliphatic carbocycles. The monoisotopic (exact) mass is 140 g/mol. The molecule has 0 nitrogen and oxygen atoms in total. The van der Waals surface area contributed by atoms with E-state index < -0.39 is 0 Å². The lowest BCUT2D eigenvalue weighted by Crippen LogP contribution is -2.05. The third kappa shape index (κ3) is 1.74. The van der Waals surface area contributed by atoms with E-state index in [-0.39, 0.29) is 0 Å². The molecule has 1 rings (SSSR count). The molecule has 1 fully saturated rings. The van der Waals surface area contributed by atoms with Crippen LogP contribution in [0.25, 0.3) is 0 Å². The standard InChI is InChI=1S/C10H20/c1-3-6-10-8-5-7-9(10)4-2/h9-10H,3-8H2,1-2H3. The highest BCUT2D eigenvalue weighted by molar-refractivity contribution is 4.75. The Morgan fingerprint density at radius 3 is 2.40 bits per heavy atom. The molecular formula is C10H20. The Morgan fingerprint density at radius 1 is 1.10 bits per heavy atom. The van der Waals surface area contributed by atoms with Crippen LogP contribution in [0.4, 0.5) is 0 Å². The van der Waals surface area contributed by atoms with E-state index in [0.717, 1.165) is 11.8 Å². The minimum atomic E-state index is 1.08. The van der Waals surface area contributed by atoms with Gasteiger partial charge in [0.25, 0.3) is 0 Å². The highest BCUT2D eigenvalue weighted by atomic mass is 14.3. The van der Waals surface area contributed by atoms with E-state index >= 15 is 0 Å². The summed E-state index contributed by atoms with van der Waals surface area (Å²) in [6, 6.07) is 0. The molecule has 10 heavy (non-hydrogen) atoms. The van der Waals surface area contributed by atoms with Crippen molar-refractivity contribution in [1.82, 2.24) is 0 Å². The third-order valence-electron chi connectivity index (χ3n) is 3.00. The van der Waals surface area contributed by atoms with E-state index in [4.69, 9.17) is 0 Å². The first kappa shape index (κ1) is 8.10. The van der Waals surface area contributed by atoms with Crippen molar-refractivity contribution in [3.05, 3.63) is 0 Å². The summed E-state index contributed by atoms with van der Waals surface area (Å²) in [6.07, 6.45) is 8.83. The van der Waals surface area contributed by atoms with Gasteiger partial charge in [-0.2, -0.15) is 0 Å². The van der Waals surface area contributed by atoms with Crippen LogP contribution >= 0.6 is 0 Å². The lowest BCUT2D eigenvalue weighted by Gasteiger charge is -2.16. The van der Waals surface area contributed by atoms with Crippen molar-refractivity contribution in [1.29, 1.82) is 0 Å². The molecule has 0 aromatic heterocycles. The van der Waals surface area contributed by atoms with Gasteiger partial charge in [0.2, 0.25) is 0 Å². The molecule has 1 aliphatic rings. The van der Waals surface area contributed by atoms with Crippen LogP contribution < -0.4 is 0 Å². The molecule has 0 amide bonds. The van der Waals surface area contributed by atoms with E-state index in [1.165, 1.54) is 38.5 Å². The lowest BCUT2D eigenvalue weighted by molar-refractivity contribution is 0.352. The molecule has 0 aromatic carbocycles. The van der Waals surface area contributed by atoms with E-state index in [1.807, 2.05) is 0 Å². The first-order valence-corrected chi connectivity index (χ1v) is 4.88. The first-order chi connectivity index (χ1) is 4.88. The molecule has 0 aliphatic heterocycles. The summed E-state index contributed by atoms with van der Waals surface area (Å²) in [5, 5.41) is 0. The van der Waals surface area contributed by atoms with Crippen molar-refractivity contribution < 1.29 is 0 Å². The van der Waals surface area contributed by atoms with Crippen molar-refractivity contribution in [2.75, 3.05) is 0 Å². The summed E-state index contributed by atoms with van der Waals surface area (Å²) in [5.41, 5.74) is 0. The lowest BCUT2D eigenvalue weighted by atomic mass is 9.90. The van der Waals surface area contributed by atoms with Crippen LogP contribution in [0.5, 0.6) is 0 Å². The average molecular weight is 140 g/mol. The Bertz CT molecular complexity index is 86.0. The van der Waals surface area contributed by atoms with Crippen LogP contribution in [-0.2, 0) is 0 Å². The van der Waals surface area contributed by atoms with Crippen LogP contribution in [0.1, 0.15) is 52.4 Å². The Kier molecular flexibility index (Phi) is 3.24. The van der Waals surface area contributed by atoms with E-state index in [9.17, 15) is 0 Å². The predicted octanol–water partition coefficient (Wildman–Crippen LogP) is 3.61. The summed E-state index contributed by atoms with van der Waals surface area (Å²) in [4.78, 5) is 0. The van der Waals surface area contributed by atoms with Crippen LogP contribution in [-0.4, -0.2) is 0 Å². The van der Waals surface area contributed by atoms with Crippen LogP contribution in [0.15, 0.2) is 0 Å². The topological polar surface area (TPSA) is 0 Å². The predicted molar refractivity (Wildman–Crippen MR) is 46.0 cm³/mol. The van der Waals surface area contributed by atoms with Gasteiger partial charge in [0.15, 0.2) is 0 Å². The molecule has 1 saturated carbocycles. The van der Waals surface area contributed by atoms with Crippen LogP contribution in [0.3, 0.4) is 0 Å². The SMILES string of the molecule is CCCC1CCCC1CC. The summed E-state index contributed by atoms with van der Waals surface area (Å²) in [7, 11) is 0. The quantitative estimate of drug-likeness (QED) is 0.561. The van der Waals surface area contributed by atoms with Crippen molar-refractivity contribution >= 4 is 0 Å². The van der Waals surface area contributed by atoms with Gasteiger partial charge in [-0.1, -0.05) is 52.4 Å². The van der Waals surface area contributed by atoms with Crippen molar-refractivity contribution in [2.45, 2.75) is 52.4 Å². The molecule has 0 heterocycles. The first-order valence-electron chi connectivity index (χ1n) is 4.88. The smallest absolute Gasteiger partial charge is 0.0386 e. The summed E-state index contributed by atoms with van der Waals surface area (Å²) < 4.78 is 0. The molecule has 0 radical (unpaired) electrons. The van der Waals surface area contributed by atoms with E-state index in [0.29, 0.717) is 0 Å². The van der Waals surface area contributed by atoms with Gasteiger partial charge in [-0.15, -0.1) is 0 Å². The van der Waals surface area contributed by atoms with Gasteiger partial charge in [0, 0.05) is 0 Å². The fourth-order valence-corrected chi connectivity index (χ4v) is 2.40. The molecule has 0 bridgehead atoms. The van der Waals surface area contributed by atoms with Crippen molar-refractivity contribution in [2.24, 2.45) is 11.8 Å². The molecular weight excluding hydrogens is 120 g/mol. The Labute approximate surface area is 65.0 Å². The molecule has 60 valence electrons. The van der Waals surface area contributed by atoms with E-state index in [1.54, 1.807) is 0 Å². The maximum atomic E-state index is 2.35.